The van der Waals surface area contributed by atoms with Gasteiger partial charge in [0, 0.05) is 30.3 Å². The number of fused-ring (bicyclic) bond motifs is 1. The van der Waals surface area contributed by atoms with Gasteiger partial charge < -0.3 is 4.90 Å². The largest absolute Gasteiger partial charge is 0.337 e. The minimum Gasteiger partial charge on any atom is -0.337 e. The molecule has 0 fully saturated rings. The van der Waals surface area contributed by atoms with Crippen LogP contribution >= 0.6 is 11.3 Å². The van der Waals surface area contributed by atoms with E-state index in [0.717, 1.165) is 10.6 Å². The second kappa shape index (κ2) is 7.14. The van der Waals surface area contributed by atoms with Gasteiger partial charge in [-0.1, -0.05) is 25.2 Å². The number of nitrogens with one attached hydrogen (secondary N) is 2. The average molecular weight is 361 g/mol. The zero-order valence-corrected chi connectivity index (χ0v) is 14.9. The molecule has 8 nitrogen and oxygen atoms in total. The van der Waals surface area contributed by atoms with Gasteiger partial charge >= 0.3 is 0 Å². The molecule has 0 aromatic carbocycles. The van der Waals surface area contributed by atoms with E-state index >= 15 is 0 Å². The highest BCUT2D eigenvalue weighted by Gasteiger charge is 2.25. The Hall–Kier alpha value is -2.55. The lowest BCUT2D eigenvalue weighted by Gasteiger charge is -2.26. The summed E-state index contributed by atoms with van der Waals surface area (Å²) in [6, 6.07) is 2.60. The SMILES string of the molecule is CC(C)CC(=O)N1CCc2nc(NC(=O)c3ccc(=O)[nH]n3)sc2C1. The van der Waals surface area contributed by atoms with Crippen LogP contribution in [-0.4, -0.2) is 38.4 Å². The fourth-order valence-electron chi connectivity index (χ4n) is 2.57. The molecule has 0 radical (unpaired) electrons. The number of aromatic amines is 1. The molecule has 132 valence electrons. The van der Waals surface area contributed by atoms with E-state index < -0.39 is 5.91 Å². The molecule has 3 rings (SSSR count). The van der Waals surface area contributed by atoms with Crippen molar-refractivity contribution in [1.82, 2.24) is 20.1 Å². The number of thiazole rings is 1. The van der Waals surface area contributed by atoms with Crippen LogP contribution in [0.4, 0.5) is 5.13 Å². The van der Waals surface area contributed by atoms with Crippen molar-refractivity contribution in [2.75, 3.05) is 11.9 Å². The fourth-order valence-corrected chi connectivity index (χ4v) is 3.59. The Morgan fingerprint density at radius 3 is 2.88 bits per heavy atom. The first-order valence-corrected chi connectivity index (χ1v) is 8.87. The van der Waals surface area contributed by atoms with Gasteiger partial charge in [-0.3, -0.25) is 19.7 Å². The summed E-state index contributed by atoms with van der Waals surface area (Å²) in [4.78, 5) is 42.6. The van der Waals surface area contributed by atoms with Crippen molar-refractivity contribution >= 4 is 28.3 Å². The molecule has 3 heterocycles. The molecular weight excluding hydrogens is 342 g/mol. The highest BCUT2D eigenvalue weighted by Crippen LogP contribution is 2.29. The minimum atomic E-state index is -0.435. The normalized spacial score (nSPS) is 13.6. The standard InChI is InChI=1S/C16H19N5O3S/c1-9(2)7-14(23)21-6-5-10-12(8-21)25-16(17-10)18-15(24)11-3-4-13(22)20-19-11/h3-4,9H,5-8H2,1-2H3,(H,20,22)(H,17,18,24). The quantitative estimate of drug-likeness (QED) is 0.856. The van der Waals surface area contributed by atoms with Crippen LogP contribution in [0, 0.1) is 5.92 Å². The van der Waals surface area contributed by atoms with Gasteiger partial charge in [-0.05, 0) is 12.0 Å². The van der Waals surface area contributed by atoms with Crippen molar-refractivity contribution in [2.24, 2.45) is 5.92 Å². The monoisotopic (exact) mass is 361 g/mol. The second-order valence-electron chi connectivity index (χ2n) is 6.31. The van der Waals surface area contributed by atoms with Crippen LogP contribution in [0.2, 0.25) is 0 Å². The third-order valence-corrected chi connectivity index (χ3v) is 4.80. The predicted octanol–water partition coefficient (Wildman–Crippen LogP) is 1.41. The lowest BCUT2D eigenvalue weighted by Crippen LogP contribution is -2.36. The molecule has 0 atom stereocenters. The van der Waals surface area contributed by atoms with Crippen molar-refractivity contribution < 1.29 is 9.59 Å². The van der Waals surface area contributed by atoms with Crippen molar-refractivity contribution in [3.63, 3.8) is 0 Å². The van der Waals surface area contributed by atoms with E-state index in [9.17, 15) is 14.4 Å². The molecule has 2 amide bonds. The van der Waals surface area contributed by atoms with E-state index in [0.29, 0.717) is 37.0 Å². The molecule has 0 spiro atoms. The van der Waals surface area contributed by atoms with E-state index in [1.54, 1.807) is 0 Å². The molecule has 2 N–H and O–H groups in total. The fraction of sp³-hybridized carbons (Fsp3) is 0.438. The summed E-state index contributed by atoms with van der Waals surface area (Å²) in [5, 5.41) is 9.08. The minimum absolute atomic E-state index is 0.113. The highest BCUT2D eigenvalue weighted by molar-refractivity contribution is 7.15. The van der Waals surface area contributed by atoms with Crippen LogP contribution in [0.25, 0.3) is 0 Å². The molecule has 1 aliphatic heterocycles. The first kappa shape index (κ1) is 17.3. The lowest BCUT2D eigenvalue weighted by atomic mass is 10.1. The predicted molar refractivity (Wildman–Crippen MR) is 93.5 cm³/mol. The van der Waals surface area contributed by atoms with Crippen molar-refractivity contribution in [3.05, 3.63) is 38.8 Å². The highest BCUT2D eigenvalue weighted by atomic mass is 32.1. The number of hydrogen-bond acceptors (Lipinski definition) is 6. The first-order chi connectivity index (χ1) is 11.9. The van der Waals surface area contributed by atoms with Gasteiger partial charge in [-0.25, -0.2) is 10.1 Å². The number of anilines is 1. The Labute approximate surface area is 148 Å². The van der Waals surface area contributed by atoms with Crippen molar-refractivity contribution in [3.8, 4) is 0 Å². The maximum Gasteiger partial charge on any atom is 0.277 e. The van der Waals surface area contributed by atoms with Crippen LogP contribution < -0.4 is 10.9 Å². The number of carbonyl (C=O) groups is 2. The summed E-state index contributed by atoms with van der Waals surface area (Å²) in [6.07, 6.45) is 1.22. The van der Waals surface area contributed by atoms with Crippen molar-refractivity contribution in [1.29, 1.82) is 0 Å². The molecule has 0 bridgehead atoms. The number of rotatable bonds is 4. The van der Waals surface area contributed by atoms with Crippen LogP contribution in [0.3, 0.4) is 0 Å². The third-order valence-electron chi connectivity index (χ3n) is 3.80. The van der Waals surface area contributed by atoms with E-state index in [-0.39, 0.29) is 17.2 Å². The van der Waals surface area contributed by atoms with Gasteiger partial charge in [0.05, 0.1) is 12.2 Å². The van der Waals surface area contributed by atoms with Crippen LogP contribution in [0.15, 0.2) is 16.9 Å². The van der Waals surface area contributed by atoms with Gasteiger partial charge in [0.1, 0.15) is 5.69 Å². The molecule has 2 aromatic heterocycles. The Morgan fingerprint density at radius 2 is 2.20 bits per heavy atom. The molecular formula is C16H19N5O3S. The third kappa shape index (κ3) is 4.11. The summed E-state index contributed by atoms with van der Waals surface area (Å²) >= 11 is 1.36. The Bertz CT molecular complexity index is 837. The molecule has 9 heteroatoms. The van der Waals surface area contributed by atoms with Gasteiger partial charge in [0.25, 0.3) is 11.5 Å². The van der Waals surface area contributed by atoms with Gasteiger partial charge in [-0.2, -0.15) is 5.10 Å². The maximum absolute atomic E-state index is 12.2. The van der Waals surface area contributed by atoms with Gasteiger partial charge in [-0.15, -0.1) is 0 Å². The first-order valence-electron chi connectivity index (χ1n) is 8.06. The molecule has 0 unspecified atom stereocenters. The van der Waals surface area contributed by atoms with E-state index in [4.69, 9.17) is 0 Å². The molecule has 0 saturated carbocycles. The van der Waals surface area contributed by atoms with Crippen LogP contribution in [0.5, 0.6) is 0 Å². The molecule has 1 aliphatic rings. The lowest BCUT2D eigenvalue weighted by molar-refractivity contribution is -0.132. The number of nitrogens with zero attached hydrogens (tertiary/aromatic N) is 3. The zero-order valence-electron chi connectivity index (χ0n) is 14.0. The second-order valence-corrected chi connectivity index (χ2v) is 7.40. The van der Waals surface area contributed by atoms with Crippen LogP contribution in [-0.2, 0) is 17.8 Å². The number of hydrogen-bond donors (Lipinski definition) is 2. The summed E-state index contributed by atoms with van der Waals surface area (Å²) in [7, 11) is 0. The number of aromatic nitrogens is 3. The van der Waals surface area contributed by atoms with Gasteiger partial charge in [0.2, 0.25) is 5.91 Å². The molecule has 0 aliphatic carbocycles. The number of amides is 2. The Morgan fingerprint density at radius 1 is 1.40 bits per heavy atom. The molecule has 25 heavy (non-hydrogen) atoms. The summed E-state index contributed by atoms with van der Waals surface area (Å²) < 4.78 is 0. The van der Waals surface area contributed by atoms with Crippen LogP contribution in [0.1, 0.15) is 41.3 Å². The smallest absolute Gasteiger partial charge is 0.277 e. The number of carbonyl (C=O) groups excluding carboxylic acids is 2. The summed E-state index contributed by atoms with van der Waals surface area (Å²) in [6.45, 7) is 5.24. The molecule has 2 aromatic rings. The Kier molecular flexibility index (Phi) is 4.93. The summed E-state index contributed by atoms with van der Waals surface area (Å²) in [5.41, 5.74) is 0.664. The average Bonchev–Trinajstić information content (AvgIpc) is 2.95. The van der Waals surface area contributed by atoms with E-state index in [2.05, 4.69) is 20.5 Å². The van der Waals surface area contributed by atoms with Gasteiger partial charge in [0.15, 0.2) is 5.13 Å². The van der Waals surface area contributed by atoms with Crippen molar-refractivity contribution in [2.45, 2.75) is 33.2 Å². The number of H-pyrrole nitrogens is 1. The summed E-state index contributed by atoms with van der Waals surface area (Å²) in [5.74, 6) is 0.0437. The van der Waals surface area contributed by atoms with E-state index in [1.807, 2.05) is 18.7 Å². The Balaban J connectivity index is 1.68. The molecule has 0 saturated heterocycles. The topological polar surface area (TPSA) is 108 Å². The zero-order chi connectivity index (χ0) is 18.0. The van der Waals surface area contributed by atoms with E-state index in [1.165, 1.54) is 23.5 Å². The maximum atomic E-state index is 12.2.